The summed E-state index contributed by atoms with van der Waals surface area (Å²) in [5.74, 6) is -0.224. The zero-order valence-corrected chi connectivity index (χ0v) is 13.7. The van der Waals surface area contributed by atoms with Gasteiger partial charge in [0.15, 0.2) is 0 Å². The third-order valence-corrected chi connectivity index (χ3v) is 5.05. The maximum Gasteiger partial charge on any atom is 0.499 e. The number of hydrogen-bond donors (Lipinski definition) is 0. The molecule has 1 aromatic rings. The van der Waals surface area contributed by atoms with Gasteiger partial charge >= 0.3 is 7.12 Å². The summed E-state index contributed by atoms with van der Waals surface area (Å²) in [5, 5.41) is 0. The Labute approximate surface area is 131 Å². The molecular weight excluding hydrogens is 284 g/mol. The van der Waals surface area contributed by atoms with Gasteiger partial charge in [-0.05, 0) is 46.6 Å². The van der Waals surface area contributed by atoms with Gasteiger partial charge in [-0.2, -0.15) is 4.39 Å². The van der Waals surface area contributed by atoms with Crippen LogP contribution in [0.1, 0.15) is 52.1 Å². The summed E-state index contributed by atoms with van der Waals surface area (Å²) in [7, 11) is -0.707. The Morgan fingerprint density at radius 1 is 1.09 bits per heavy atom. The summed E-state index contributed by atoms with van der Waals surface area (Å²) in [6.45, 7) is 9.24. The zero-order valence-electron chi connectivity index (χ0n) is 13.7. The highest BCUT2D eigenvalue weighted by Crippen LogP contribution is 2.36. The largest absolute Gasteiger partial charge is 0.499 e. The molecule has 22 heavy (non-hydrogen) atoms. The summed E-state index contributed by atoms with van der Waals surface area (Å²) in [5.41, 5.74) is 0.197. The van der Waals surface area contributed by atoms with Crippen LogP contribution in [0.3, 0.4) is 0 Å². The molecule has 0 aliphatic carbocycles. The van der Waals surface area contributed by atoms with Crippen LogP contribution in [0.25, 0.3) is 0 Å². The molecule has 6 heteroatoms. The van der Waals surface area contributed by atoms with Crippen molar-refractivity contribution in [1.82, 2.24) is 4.98 Å². The SMILES string of the molecule is CC1(C)OB(c2ccc(C3CCOCC3)nc2F)OC1(C)C. The highest BCUT2D eigenvalue weighted by Gasteiger charge is 2.52. The predicted octanol–water partition coefficient (Wildman–Crippen LogP) is 2.41. The average Bonchev–Trinajstić information content (AvgIpc) is 2.68. The van der Waals surface area contributed by atoms with E-state index in [-0.39, 0.29) is 5.92 Å². The van der Waals surface area contributed by atoms with Gasteiger partial charge in [-0.25, -0.2) is 4.98 Å². The zero-order chi connectivity index (χ0) is 16.0. The van der Waals surface area contributed by atoms with Crippen LogP contribution in [0.4, 0.5) is 4.39 Å². The van der Waals surface area contributed by atoms with E-state index in [0.29, 0.717) is 18.7 Å². The minimum atomic E-state index is -0.707. The molecule has 0 atom stereocenters. The summed E-state index contributed by atoms with van der Waals surface area (Å²) >= 11 is 0. The molecule has 0 amide bonds. The van der Waals surface area contributed by atoms with Crippen molar-refractivity contribution in [3.05, 3.63) is 23.8 Å². The van der Waals surface area contributed by atoms with Crippen LogP contribution in [0.2, 0.25) is 0 Å². The van der Waals surface area contributed by atoms with Gasteiger partial charge < -0.3 is 14.0 Å². The van der Waals surface area contributed by atoms with Crippen LogP contribution < -0.4 is 5.46 Å². The number of rotatable bonds is 2. The fraction of sp³-hybridized carbons (Fsp3) is 0.688. The average molecular weight is 307 g/mol. The minimum absolute atomic E-state index is 0.274. The van der Waals surface area contributed by atoms with Crippen molar-refractivity contribution in [1.29, 1.82) is 0 Å². The van der Waals surface area contributed by atoms with E-state index in [1.54, 1.807) is 6.07 Å². The van der Waals surface area contributed by atoms with Crippen LogP contribution >= 0.6 is 0 Å². The lowest BCUT2D eigenvalue weighted by Gasteiger charge is -2.32. The maximum atomic E-state index is 14.5. The molecule has 0 N–H and O–H groups in total. The van der Waals surface area contributed by atoms with E-state index in [1.165, 1.54) is 0 Å². The van der Waals surface area contributed by atoms with Crippen LogP contribution in [-0.2, 0) is 14.0 Å². The Balaban J connectivity index is 1.81. The van der Waals surface area contributed by atoms with E-state index in [4.69, 9.17) is 14.0 Å². The molecule has 0 spiro atoms. The third kappa shape index (κ3) is 2.80. The Bertz CT molecular complexity index is 542. The fourth-order valence-corrected chi connectivity index (χ4v) is 2.83. The van der Waals surface area contributed by atoms with E-state index in [2.05, 4.69) is 4.98 Å². The molecule has 0 saturated carbocycles. The minimum Gasteiger partial charge on any atom is -0.399 e. The standard InChI is InChI=1S/C16H23BFNO3/c1-15(2)16(3,4)22-17(21-15)12-5-6-13(19-14(12)18)11-7-9-20-10-8-11/h5-6,11H,7-10H2,1-4H3. The highest BCUT2D eigenvalue weighted by molar-refractivity contribution is 6.62. The van der Waals surface area contributed by atoms with Gasteiger partial charge in [0.2, 0.25) is 5.95 Å². The second-order valence-corrected chi connectivity index (χ2v) is 7.09. The first-order chi connectivity index (χ1) is 10.3. The van der Waals surface area contributed by atoms with Crippen LogP contribution in [0.5, 0.6) is 0 Å². The van der Waals surface area contributed by atoms with E-state index < -0.39 is 24.3 Å². The third-order valence-electron chi connectivity index (χ3n) is 5.05. The van der Waals surface area contributed by atoms with Crippen molar-refractivity contribution in [3.63, 3.8) is 0 Å². The predicted molar refractivity (Wildman–Crippen MR) is 82.7 cm³/mol. The lowest BCUT2D eigenvalue weighted by molar-refractivity contribution is 0.00578. The molecule has 4 nitrogen and oxygen atoms in total. The van der Waals surface area contributed by atoms with E-state index in [9.17, 15) is 4.39 Å². The lowest BCUT2D eigenvalue weighted by atomic mass is 9.79. The molecular formula is C16H23BFNO3. The molecule has 2 aliphatic heterocycles. The van der Waals surface area contributed by atoms with Gasteiger partial charge in [0.05, 0.1) is 11.2 Å². The number of nitrogens with zero attached hydrogens (tertiary/aromatic N) is 1. The molecule has 120 valence electrons. The van der Waals surface area contributed by atoms with Gasteiger partial charge in [-0.15, -0.1) is 0 Å². The quantitative estimate of drug-likeness (QED) is 0.621. The number of hydrogen-bond acceptors (Lipinski definition) is 4. The van der Waals surface area contributed by atoms with Gasteiger partial charge in [-0.3, -0.25) is 0 Å². The van der Waals surface area contributed by atoms with Crippen LogP contribution in [0, 0.1) is 5.95 Å². The fourth-order valence-electron chi connectivity index (χ4n) is 2.83. The Hall–Kier alpha value is -0.975. The lowest BCUT2D eigenvalue weighted by Crippen LogP contribution is -2.41. The normalized spacial score (nSPS) is 24.7. The Kier molecular flexibility index (Phi) is 4.04. The summed E-state index contributed by atoms with van der Waals surface area (Å²) < 4.78 is 31.6. The molecule has 2 saturated heterocycles. The van der Waals surface area contributed by atoms with Crippen molar-refractivity contribution in [3.8, 4) is 0 Å². The van der Waals surface area contributed by atoms with Crippen molar-refractivity contribution >= 4 is 12.6 Å². The van der Waals surface area contributed by atoms with Crippen LogP contribution in [-0.4, -0.2) is 36.5 Å². The maximum absolute atomic E-state index is 14.5. The molecule has 0 unspecified atom stereocenters. The molecule has 0 radical (unpaired) electrons. The first-order valence-corrected chi connectivity index (χ1v) is 7.90. The highest BCUT2D eigenvalue weighted by atomic mass is 19.1. The first-order valence-electron chi connectivity index (χ1n) is 7.90. The molecule has 2 fully saturated rings. The topological polar surface area (TPSA) is 40.6 Å². The van der Waals surface area contributed by atoms with Gasteiger partial charge in [0, 0.05) is 30.3 Å². The van der Waals surface area contributed by atoms with Crippen molar-refractivity contribution in [2.45, 2.75) is 57.7 Å². The Morgan fingerprint density at radius 3 is 2.23 bits per heavy atom. The second-order valence-electron chi connectivity index (χ2n) is 7.09. The van der Waals surface area contributed by atoms with E-state index in [1.807, 2.05) is 33.8 Å². The van der Waals surface area contributed by atoms with E-state index in [0.717, 1.165) is 18.5 Å². The van der Waals surface area contributed by atoms with Gasteiger partial charge in [0.1, 0.15) is 0 Å². The molecule has 0 bridgehead atoms. The molecule has 0 aromatic carbocycles. The number of pyridine rings is 1. The van der Waals surface area contributed by atoms with E-state index >= 15 is 0 Å². The summed E-state index contributed by atoms with van der Waals surface area (Å²) in [6.07, 6.45) is 1.78. The molecule has 3 heterocycles. The molecule has 1 aromatic heterocycles. The number of aromatic nitrogens is 1. The Morgan fingerprint density at radius 2 is 1.68 bits per heavy atom. The number of halogens is 1. The summed E-state index contributed by atoms with van der Waals surface area (Å²) in [6, 6.07) is 3.63. The van der Waals surface area contributed by atoms with Crippen molar-refractivity contribution in [2.24, 2.45) is 0 Å². The first kappa shape index (κ1) is 15.9. The number of ether oxygens (including phenoxy) is 1. The van der Waals surface area contributed by atoms with Crippen molar-refractivity contribution in [2.75, 3.05) is 13.2 Å². The smallest absolute Gasteiger partial charge is 0.399 e. The van der Waals surface area contributed by atoms with Crippen LogP contribution in [0.15, 0.2) is 12.1 Å². The van der Waals surface area contributed by atoms with Crippen molar-refractivity contribution < 1.29 is 18.4 Å². The van der Waals surface area contributed by atoms with Gasteiger partial charge in [0.25, 0.3) is 0 Å². The monoisotopic (exact) mass is 307 g/mol. The van der Waals surface area contributed by atoms with Gasteiger partial charge in [-0.1, -0.05) is 6.07 Å². The molecule has 2 aliphatic rings. The second kappa shape index (κ2) is 5.58. The summed E-state index contributed by atoms with van der Waals surface area (Å²) in [4.78, 5) is 4.15. The molecule has 3 rings (SSSR count).